The Morgan fingerprint density at radius 2 is 1.03 bits per heavy atom. The van der Waals surface area contributed by atoms with Gasteiger partial charge in [0, 0.05) is 25.1 Å². The van der Waals surface area contributed by atoms with Crippen molar-refractivity contribution in [2.45, 2.75) is 95.3 Å². The molecule has 0 bridgehead atoms. The standard InChI is InChI=1S/C52H60N4O8S/c1-50(2,3)63-48(60)55-43(45(57)28-19-35-65-52(38-20-11-7-12-21-38,39-22-13-8-14-23-39)40-24-15-9-16-25-40)33-34-53-47(59)62-42-31-29-37(30-32-42)36-44(56-49(61)64-51(4,5)6)46(58)54-41-26-17-10-18-27-41/h7-18,20-27,29-32,43-44H,19,28,33-36H2,1-6H3,(H,53,59)(H,54,58)(H,55,60)(H,56,61)/t43-,44-/m0/s1. The van der Waals surface area contributed by atoms with Crippen LogP contribution in [-0.4, -0.2) is 65.6 Å². The van der Waals surface area contributed by atoms with E-state index in [4.69, 9.17) is 14.2 Å². The van der Waals surface area contributed by atoms with Crippen LogP contribution in [-0.2, 0) is 30.2 Å². The molecule has 4 amide bonds. The summed E-state index contributed by atoms with van der Waals surface area (Å²) < 4.78 is 15.9. The molecule has 342 valence electrons. The molecule has 0 radical (unpaired) electrons. The van der Waals surface area contributed by atoms with Gasteiger partial charge in [-0.15, -0.1) is 11.8 Å². The Bertz CT molecular complexity index is 2200. The molecule has 0 saturated carbocycles. The number of ketones is 1. The van der Waals surface area contributed by atoms with Gasteiger partial charge >= 0.3 is 18.3 Å². The molecule has 0 saturated heterocycles. The van der Waals surface area contributed by atoms with Crippen molar-refractivity contribution in [3.05, 3.63) is 168 Å². The Morgan fingerprint density at radius 1 is 0.569 bits per heavy atom. The summed E-state index contributed by atoms with van der Waals surface area (Å²) in [6, 6.07) is 44.5. The Kier molecular flexibility index (Phi) is 17.8. The number of thioether (sulfide) groups is 1. The van der Waals surface area contributed by atoms with Crippen molar-refractivity contribution >= 4 is 47.4 Å². The number of anilines is 1. The van der Waals surface area contributed by atoms with E-state index in [1.807, 2.05) is 60.7 Å². The topological polar surface area (TPSA) is 161 Å². The number of hydrogen-bond acceptors (Lipinski definition) is 9. The number of rotatable bonds is 19. The molecule has 0 aliphatic carbocycles. The normalized spacial score (nSPS) is 12.5. The maximum absolute atomic E-state index is 13.8. The average molecular weight is 901 g/mol. The lowest BCUT2D eigenvalue weighted by Gasteiger charge is -2.35. The van der Waals surface area contributed by atoms with E-state index in [0.29, 0.717) is 23.4 Å². The zero-order valence-corrected chi connectivity index (χ0v) is 38.7. The third kappa shape index (κ3) is 15.9. The van der Waals surface area contributed by atoms with Gasteiger partial charge in [-0.3, -0.25) is 9.59 Å². The molecule has 65 heavy (non-hydrogen) atoms. The van der Waals surface area contributed by atoms with Gasteiger partial charge in [-0.1, -0.05) is 121 Å². The average Bonchev–Trinajstić information content (AvgIpc) is 3.26. The van der Waals surface area contributed by atoms with Crippen LogP contribution in [0.1, 0.15) is 83.1 Å². The van der Waals surface area contributed by atoms with E-state index in [1.165, 1.54) is 0 Å². The van der Waals surface area contributed by atoms with Crippen LogP contribution < -0.4 is 26.0 Å². The van der Waals surface area contributed by atoms with Crippen LogP contribution in [0.3, 0.4) is 0 Å². The van der Waals surface area contributed by atoms with E-state index in [9.17, 15) is 24.0 Å². The maximum atomic E-state index is 13.8. The molecule has 0 aromatic heterocycles. The second kappa shape index (κ2) is 23.4. The first kappa shape index (κ1) is 49.4. The molecule has 4 N–H and O–H groups in total. The van der Waals surface area contributed by atoms with Gasteiger partial charge in [0.05, 0.1) is 10.8 Å². The molecule has 5 aromatic carbocycles. The second-order valence-corrected chi connectivity index (χ2v) is 18.7. The van der Waals surface area contributed by atoms with Crippen molar-refractivity contribution in [2.75, 3.05) is 17.6 Å². The minimum Gasteiger partial charge on any atom is -0.444 e. The van der Waals surface area contributed by atoms with Crippen molar-refractivity contribution < 1.29 is 38.2 Å². The van der Waals surface area contributed by atoms with Gasteiger partial charge in [0.15, 0.2) is 5.78 Å². The lowest BCUT2D eigenvalue weighted by Crippen LogP contribution is -2.47. The minimum absolute atomic E-state index is 0.0194. The molecular formula is C52H60N4O8S. The number of carbonyl (C=O) groups is 5. The summed E-state index contributed by atoms with van der Waals surface area (Å²) in [5.74, 6) is 0.235. The number of benzene rings is 5. The Labute approximate surface area is 386 Å². The van der Waals surface area contributed by atoms with Crippen LogP contribution in [0.5, 0.6) is 5.75 Å². The van der Waals surface area contributed by atoms with E-state index >= 15 is 0 Å². The van der Waals surface area contributed by atoms with Crippen LogP contribution in [0.15, 0.2) is 146 Å². The SMILES string of the molecule is CC(C)(C)OC(=O)N[C@@H](CCNC(=O)Oc1ccc(C[C@H](NC(=O)OC(C)(C)C)C(=O)Nc2ccccc2)cc1)C(=O)CCCSC(c1ccccc1)(c1ccccc1)c1ccccc1. The number of amides is 4. The van der Waals surface area contributed by atoms with Crippen LogP contribution in [0.4, 0.5) is 20.1 Å². The monoisotopic (exact) mass is 900 g/mol. The molecular weight excluding hydrogens is 841 g/mol. The fourth-order valence-electron chi connectivity index (χ4n) is 6.98. The first-order valence-electron chi connectivity index (χ1n) is 21.7. The van der Waals surface area contributed by atoms with Crippen LogP contribution in [0.2, 0.25) is 0 Å². The summed E-state index contributed by atoms with van der Waals surface area (Å²) in [5, 5.41) is 10.9. The number of hydrogen-bond donors (Lipinski definition) is 4. The summed E-state index contributed by atoms with van der Waals surface area (Å²) >= 11 is 1.76. The van der Waals surface area contributed by atoms with Crippen LogP contribution in [0.25, 0.3) is 0 Å². The number of para-hydroxylation sites is 1. The fourth-order valence-corrected chi connectivity index (χ4v) is 8.48. The van der Waals surface area contributed by atoms with Gasteiger partial charge in [0.25, 0.3) is 0 Å². The lowest BCUT2D eigenvalue weighted by atomic mass is 9.84. The molecule has 0 spiro atoms. The predicted molar refractivity (Wildman–Crippen MR) is 256 cm³/mol. The third-order valence-corrected chi connectivity index (χ3v) is 11.5. The molecule has 0 aliphatic rings. The molecule has 0 unspecified atom stereocenters. The number of alkyl carbamates (subject to hydrolysis) is 2. The zero-order valence-electron chi connectivity index (χ0n) is 37.9. The highest BCUT2D eigenvalue weighted by molar-refractivity contribution is 8.00. The Hall–Kier alpha value is -6.60. The summed E-state index contributed by atoms with van der Waals surface area (Å²) in [6.07, 6.45) is -1.30. The lowest BCUT2D eigenvalue weighted by molar-refractivity contribution is -0.121. The first-order chi connectivity index (χ1) is 31.0. The van der Waals surface area contributed by atoms with Crippen molar-refractivity contribution in [2.24, 2.45) is 0 Å². The van der Waals surface area contributed by atoms with Gasteiger partial charge < -0.3 is 35.5 Å². The quantitative estimate of drug-likeness (QED) is 0.0467. The summed E-state index contributed by atoms with van der Waals surface area (Å²) in [7, 11) is 0. The summed E-state index contributed by atoms with van der Waals surface area (Å²) in [6.45, 7) is 10.4. The largest absolute Gasteiger partial charge is 0.444 e. The zero-order chi connectivity index (χ0) is 46.9. The van der Waals surface area contributed by atoms with Crippen molar-refractivity contribution in [3.8, 4) is 5.75 Å². The highest BCUT2D eigenvalue weighted by atomic mass is 32.2. The van der Waals surface area contributed by atoms with Gasteiger partial charge in [-0.25, -0.2) is 14.4 Å². The predicted octanol–water partition coefficient (Wildman–Crippen LogP) is 10.2. The van der Waals surface area contributed by atoms with Gasteiger partial charge in [0.1, 0.15) is 23.0 Å². The molecule has 13 heteroatoms. The minimum atomic E-state index is -0.977. The number of nitrogens with one attached hydrogen (secondary N) is 4. The highest BCUT2D eigenvalue weighted by Gasteiger charge is 2.37. The van der Waals surface area contributed by atoms with Gasteiger partial charge in [-0.05, 0) is 107 Å². The molecule has 5 rings (SSSR count). The Morgan fingerprint density at radius 3 is 1.51 bits per heavy atom. The van der Waals surface area contributed by atoms with E-state index in [1.54, 1.807) is 102 Å². The number of Topliss-reactive ketones (excluding diaryl/α,β-unsaturated/α-hetero) is 1. The van der Waals surface area contributed by atoms with Crippen molar-refractivity contribution in [3.63, 3.8) is 0 Å². The van der Waals surface area contributed by atoms with Gasteiger partial charge in [0.2, 0.25) is 5.91 Å². The molecule has 12 nitrogen and oxygen atoms in total. The van der Waals surface area contributed by atoms with E-state index < -0.39 is 52.2 Å². The van der Waals surface area contributed by atoms with Gasteiger partial charge in [-0.2, -0.15) is 0 Å². The van der Waals surface area contributed by atoms with E-state index in [-0.39, 0.29) is 37.3 Å². The van der Waals surface area contributed by atoms with Crippen LogP contribution >= 0.6 is 11.8 Å². The van der Waals surface area contributed by atoms with Crippen molar-refractivity contribution in [1.29, 1.82) is 0 Å². The van der Waals surface area contributed by atoms with Crippen molar-refractivity contribution in [1.82, 2.24) is 16.0 Å². The maximum Gasteiger partial charge on any atom is 0.412 e. The molecule has 0 aliphatic heterocycles. The number of ether oxygens (including phenoxy) is 3. The fraction of sp³-hybridized carbons (Fsp3) is 0.327. The molecule has 0 fully saturated rings. The third-order valence-electron chi connectivity index (χ3n) is 9.83. The second-order valence-electron chi connectivity index (χ2n) is 17.4. The molecule has 5 aromatic rings. The molecule has 2 atom stereocenters. The number of carbonyl (C=O) groups excluding carboxylic acids is 5. The molecule has 0 heterocycles. The van der Waals surface area contributed by atoms with Crippen LogP contribution in [0, 0.1) is 0 Å². The summed E-state index contributed by atoms with van der Waals surface area (Å²) in [5.41, 5.74) is 3.07. The Balaban J connectivity index is 1.19. The van der Waals surface area contributed by atoms with E-state index in [0.717, 1.165) is 16.7 Å². The summed E-state index contributed by atoms with van der Waals surface area (Å²) in [4.78, 5) is 65.6. The first-order valence-corrected chi connectivity index (χ1v) is 22.7. The highest BCUT2D eigenvalue weighted by Crippen LogP contribution is 2.48. The van der Waals surface area contributed by atoms with E-state index in [2.05, 4.69) is 57.7 Å². The smallest absolute Gasteiger partial charge is 0.412 e.